The van der Waals surface area contributed by atoms with Gasteiger partial charge in [0.25, 0.3) is 5.91 Å². The number of piperidine rings is 1. The standard InChI is InChI=1S/C13H18N6OS.2ClH/c1-9-15-6-11(21-9)7-16-13(20)12-17-8-19(18-12)10-3-2-4-14-5-10;;/h6,8,10,14H,2-5,7H2,1H3,(H,16,20);2*1H. The van der Waals surface area contributed by atoms with Gasteiger partial charge < -0.3 is 10.6 Å². The Hall–Kier alpha value is -1.22. The molecule has 1 amide bonds. The van der Waals surface area contributed by atoms with E-state index in [1.54, 1.807) is 28.5 Å². The van der Waals surface area contributed by atoms with Gasteiger partial charge in [-0.3, -0.25) is 4.79 Å². The van der Waals surface area contributed by atoms with Gasteiger partial charge in [-0.25, -0.2) is 14.6 Å². The Balaban J connectivity index is 0.00000132. The Bertz CT molecular complexity index is 626. The second-order valence-corrected chi connectivity index (χ2v) is 6.40. The Morgan fingerprint density at radius 3 is 2.96 bits per heavy atom. The molecule has 0 aromatic carbocycles. The first kappa shape index (κ1) is 19.8. The van der Waals surface area contributed by atoms with Gasteiger partial charge in [-0.15, -0.1) is 41.2 Å². The molecule has 128 valence electrons. The topological polar surface area (TPSA) is 84.7 Å². The number of nitrogens with one attached hydrogen (secondary N) is 2. The van der Waals surface area contributed by atoms with E-state index in [2.05, 4.69) is 25.7 Å². The van der Waals surface area contributed by atoms with Crippen LogP contribution in [0.4, 0.5) is 0 Å². The van der Waals surface area contributed by atoms with Crippen molar-refractivity contribution in [1.29, 1.82) is 0 Å². The van der Waals surface area contributed by atoms with Gasteiger partial charge in [-0.05, 0) is 26.3 Å². The van der Waals surface area contributed by atoms with E-state index in [9.17, 15) is 4.79 Å². The molecule has 0 aliphatic carbocycles. The first-order chi connectivity index (χ1) is 10.2. The zero-order valence-electron chi connectivity index (χ0n) is 12.7. The molecule has 0 bridgehead atoms. The Morgan fingerprint density at radius 2 is 2.30 bits per heavy atom. The average molecular weight is 379 g/mol. The van der Waals surface area contributed by atoms with Crippen LogP contribution in [-0.4, -0.2) is 38.7 Å². The molecule has 1 saturated heterocycles. The predicted molar refractivity (Wildman–Crippen MR) is 93.7 cm³/mol. The van der Waals surface area contributed by atoms with Crippen molar-refractivity contribution in [1.82, 2.24) is 30.4 Å². The van der Waals surface area contributed by atoms with Gasteiger partial charge in [0.05, 0.1) is 17.6 Å². The van der Waals surface area contributed by atoms with E-state index in [0.29, 0.717) is 6.54 Å². The molecule has 0 radical (unpaired) electrons. The highest BCUT2D eigenvalue weighted by Gasteiger charge is 2.18. The summed E-state index contributed by atoms with van der Waals surface area (Å²) in [6.07, 6.45) is 5.61. The fraction of sp³-hybridized carbons (Fsp3) is 0.538. The monoisotopic (exact) mass is 378 g/mol. The summed E-state index contributed by atoms with van der Waals surface area (Å²) in [6.45, 7) is 4.33. The highest BCUT2D eigenvalue weighted by atomic mass is 35.5. The molecule has 1 fully saturated rings. The number of hydrogen-bond donors (Lipinski definition) is 2. The van der Waals surface area contributed by atoms with Crippen molar-refractivity contribution in [2.45, 2.75) is 32.4 Å². The molecule has 0 spiro atoms. The van der Waals surface area contributed by atoms with Crippen LogP contribution in [0.25, 0.3) is 0 Å². The lowest BCUT2D eigenvalue weighted by Crippen LogP contribution is -2.32. The molecule has 7 nitrogen and oxygen atoms in total. The molecule has 2 aromatic heterocycles. The molecular formula is C13H20Cl2N6OS. The minimum Gasteiger partial charge on any atom is -0.344 e. The summed E-state index contributed by atoms with van der Waals surface area (Å²) >= 11 is 1.57. The first-order valence-corrected chi connectivity index (χ1v) is 7.85. The van der Waals surface area contributed by atoms with Crippen molar-refractivity contribution in [2.75, 3.05) is 13.1 Å². The van der Waals surface area contributed by atoms with E-state index in [1.165, 1.54) is 0 Å². The normalized spacial score (nSPS) is 17.0. The number of amides is 1. The highest BCUT2D eigenvalue weighted by Crippen LogP contribution is 2.15. The lowest BCUT2D eigenvalue weighted by molar-refractivity contribution is 0.0940. The van der Waals surface area contributed by atoms with Crippen molar-refractivity contribution < 1.29 is 4.79 Å². The van der Waals surface area contributed by atoms with E-state index in [4.69, 9.17) is 0 Å². The van der Waals surface area contributed by atoms with Crippen molar-refractivity contribution >= 4 is 42.1 Å². The number of hydrogen-bond acceptors (Lipinski definition) is 6. The molecule has 1 aliphatic heterocycles. The summed E-state index contributed by atoms with van der Waals surface area (Å²) in [6, 6.07) is 0.289. The van der Waals surface area contributed by atoms with Gasteiger partial charge in [0, 0.05) is 17.6 Å². The Kier molecular flexibility index (Phi) is 7.90. The molecule has 23 heavy (non-hydrogen) atoms. The second kappa shape index (κ2) is 9.17. The van der Waals surface area contributed by atoms with Crippen molar-refractivity contribution in [2.24, 2.45) is 0 Å². The summed E-state index contributed by atoms with van der Waals surface area (Å²) in [7, 11) is 0. The van der Waals surface area contributed by atoms with Crippen LogP contribution < -0.4 is 10.6 Å². The van der Waals surface area contributed by atoms with Gasteiger partial charge in [0.1, 0.15) is 6.33 Å². The first-order valence-electron chi connectivity index (χ1n) is 7.04. The molecule has 1 aliphatic rings. The summed E-state index contributed by atoms with van der Waals surface area (Å²) in [5, 5.41) is 11.4. The minimum atomic E-state index is -0.247. The van der Waals surface area contributed by atoms with Gasteiger partial charge >= 0.3 is 0 Å². The molecule has 10 heteroatoms. The maximum atomic E-state index is 12.0. The summed E-state index contributed by atoms with van der Waals surface area (Å²) < 4.78 is 1.79. The van der Waals surface area contributed by atoms with E-state index in [-0.39, 0.29) is 42.6 Å². The lowest BCUT2D eigenvalue weighted by Gasteiger charge is -2.22. The summed E-state index contributed by atoms with van der Waals surface area (Å²) in [5.41, 5.74) is 0. The zero-order valence-corrected chi connectivity index (χ0v) is 15.1. The van der Waals surface area contributed by atoms with E-state index < -0.39 is 0 Å². The van der Waals surface area contributed by atoms with E-state index in [1.807, 2.05) is 6.92 Å². The largest absolute Gasteiger partial charge is 0.344 e. The van der Waals surface area contributed by atoms with E-state index >= 15 is 0 Å². The number of thiazole rings is 1. The van der Waals surface area contributed by atoms with Crippen LogP contribution in [0.5, 0.6) is 0 Å². The molecule has 0 saturated carbocycles. The maximum absolute atomic E-state index is 12.0. The van der Waals surface area contributed by atoms with Crippen molar-refractivity contribution in [3.05, 3.63) is 28.2 Å². The number of rotatable bonds is 4. The SMILES string of the molecule is Cc1ncc(CNC(=O)c2ncn(C3CCCNC3)n2)s1.Cl.Cl. The van der Waals surface area contributed by atoms with Crippen LogP contribution >= 0.6 is 36.2 Å². The number of aryl methyl sites for hydroxylation is 1. The van der Waals surface area contributed by atoms with Crippen molar-refractivity contribution in [3.63, 3.8) is 0 Å². The second-order valence-electron chi connectivity index (χ2n) is 5.08. The van der Waals surface area contributed by atoms with Crippen molar-refractivity contribution in [3.8, 4) is 0 Å². The van der Waals surface area contributed by atoms with Crippen LogP contribution in [0.1, 0.15) is 39.4 Å². The number of carbonyl (C=O) groups excluding carboxylic acids is 1. The average Bonchev–Trinajstić information content (AvgIpc) is 3.15. The van der Waals surface area contributed by atoms with Crippen LogP contribution in [0.15, 0.2) is 12.5 Å². The van der Waals surface area contributed by atoms with Crippen LogP contribution in [0, 0.1) is 6.92 Å². The quantitative estimate of drug-likeness (QED) is 0.846. The third-order valence-corrected chi connectivity index (χ3v) is 4.36. The van der Waals surface area contributed by atoms with Crippen LogP contribution in [-0.2, 0) is 6.54 Å². The fourth-order valence-electron chi connectivity index (χ4n) is 2.35. The van der Waals surface area contributed by atoms with E-state index in [0.717, 1.165) is 35.8 Å². The summed E-state index contributed by atoms with van der Waals surface area (Å²) in [5.74, 6) is -0.0228. The lowest BCUT2D eigenvalue weighted by atomic mass is 10.1. The van der Waals surface area contributed by atoms with Crippen LogP contribution in [0.2, 0.25) is 0 Å². The number of carbonyl (C=O) groups is 1. The number of nitrogens with zero attached hydrogens (tertiary/aromatic N) is 4. The van der Waals surface area contributed by atoms with Gasteiger partial charge in [-0.2, -0.15) is 0 Å². The van der Waals surface area contributed by atoms with Crippen LogP contribution in [0.3, 0.4) is 0 Å². The highest BCUT2D eigenvalue weighted by molar-refractivity contribution is 7.11. The number of halogens is 2. The smallest absolute Gasteiger partial charge is 0.291 e. The molecular weight excluding hydrogens is 359 g/mol. The fourth-order valence-corrected chi connectivity index (χ4v) is 3.08. The third-order valence-electron chi connectivity index (χ3n) is 3.45. The molecule has 1 unspecified atom stereocenters. The zero-order chi connectivity index (χ0) is 14.7. The van der Waals surface area contributed by atoms with Gasteiger partial charge in [0.15, 0.2) is 0 Å². The van der Waals surface area contributed by atoms with Gasteiger partial charge in [-0.1, -0.05) is 0 Å². The molecule has 3 heterocycles. The summed E-state index contributed by atoms with van der Waals surface area (Å²) in [4.78, 5) is 21.3. The predicted octanol–water partition coefficient (Wildman–Crippen LogP) is 1.74. The number of aromatic nitrogens is 4. The van der Waals surface area contributed by atoms with Gasteiger partial charge in [0.2, 0.25) is 5.82 Å². The maximum Gasteiger partial charge on any atom is 0.291 e. The third kappa shape index (κ3) is 5.13. The molecule has 2 N–H and O–H groups in total. The molecule has 2 aromatic rings. The minimum absolute atomic E-state index is 0. The molecule has 1 atom stereocenters. The Labute approximate surface area is 151 Å². The Morgan fingerprint density at radius 1 is 1.48 bits per heavy atom. The molecule has 3 rings (SSSR count).